The maximum atomic E-state index is 10.9. The minimum Gasteiger partial charge on any atom is -0.348 e. The number of hydrogen-bond acceptors (Lipinski definition) is 4. The van der Waals surface area contributed by atoms with Crippen LogP contribution in [0.3, 0.4) is 0 Å². The van der Waals surface area contributed by atoms with Gasteiger partial charge < -0.3 is 20.1 Å². The van der Waals surface area contributed by atoms with Gasteiger partial charge in [0.1, 0.15) is 6.29 Å². The van der Waals surface area contributed by atoms with Gasteiger partial charge in [-0.1, -0.05) is 0 Å². The first-order valence-electron chi connectivity index (χ1n) is 5.01. The van der Waals surface area contributed by atoms with Gasteiger partial charge in [-0.05, 0) is 0 Å². The average molecular weight is 219 g/mol. The highest BCUT2D eigenvalue weighted by Crippen LogP contribution is 1.98. The quantitative estimate of drug-likeness (QED) is 0.598. The molecule has 0 saturated heterocycles. The molecule has 84 valence electrons. The van der Waals surface area contributed by atoms with Crippen molar-refractivity contribution in [3.05, 3.63) is 36.4 Å². The van der Waals surface area contributed by atoms with Crippen LogP contribution < -0.4 is 5.32 Å². The van der Waals surface area contributed by atoms with Crippen molar-refractivity contribution in [2.24, 2.45) is 0 Å². The van der Waals surface area contributed by atoms with E-state index in [0.717, 1.165) is 17.7 Å². The number of nitrogens with one attached hydrogen (secondary N) is 3. The molecule has 0 radical (unpaired) electrons. The predicted octanol–water partition coefficient (Wildman–Crippen LogP) is 0.0326. The third-order valence-electron chi connectivity index (χ3n) is 2.27. The number of rotatable bonds is 6. The fraction of sp³-hybridized carbons (Fsp3) is 0.300. The van der Waals surface area contributed by atoms with Crippen molar-refractivity contribution in [3.8, 4) is 0 Å². The van der Waals surface area contributed by atoms with Crippen LogP contribution in [0.15, 0.2) is 25.0 Å². The number of carbonyl (C=O) groups excluding carboxylic acids is 1. The average Bonchev–Trinajstić information content (AvgIpc) is 2.97. The Labute approximate surface area is 92.5 Å². The molecule has 3 N–H and O–H groups in total. The normalized spacial score (nSPS) is 12.5. The van der Waals surface area contributed by atoms with E-state index in [1.165, 1.54) is 0 Å². The molecular formula is C10H13N5O. The smallest absolute Gasteiger partial charge is 0.137 e. The summed E-state index contributed by atoms with van der Waals surface area (Å²) in [5.74, 6) is 0. The number of aromatic nitrogens is 4. The molecule has 0 unspecified atom stereocenters. The molecule has 0 saturated carbocycles. The lowest BCUT2D eigenvalue weighted by molar-refractivity contribution is -0.109. The van der Waals surface area contributed by atoms with Crippen LogP contribution in [0.25, 0.3) is 0 Å². The number of nitrogens with zero attached hydrogens (tertiary/aromatic N) is 2. The first-order chi connectivity index (χ1) is 7.88. The van der Waals surface area contributed by atoms with Gasteiger partial charge in [0.15, 0.2) is 0 Å². The molecule has 0 aliphatic carbocycles. The monoisotopic (exact) mass is 219 g/mol. The summed E-state index contributed by atoms with van der Waals surface area (Å²) in [4.78, 5) is 24.6. The summed E-state index contributed by atoms with van der Waals surface area (Å²) in [6.45, 7) is 0.595. The van der Waals surface area contributed by atoms with E-state index in [0.29, 0.717) is 13.0 Å². The maximum Gasteiger partial charge on any atom is 0.137 e. The van der Waals surface area contributed by atoms with Crippen molar-refractivity contribution in [2.45, 2.75) is 19.0 Å². The summed E-state index contributed by atoms with van der Waals surface area (Å²) in [5, 5.41) is 3.12. The van der Waals surface area contributed by atoms with E-state index < -0.39 is 0 Å². The number of aldehydes is 1. The SMILES string of the molecule is O=C[C@H](Cc1cnc[nH]1)NCc1cnc[nH]1. The number of aromatic amines is 2. The molecule has 2 heterocycles. The molecular weight excluding hydrogens is 206 g/mol. The zero-order valence-corrected chi connectivity index (χ0v) is 8.68. The summed E-state index contributed by atoms with van der Waals surface area (Å²) in [6, 6.07) is -0.219. The molecule has 0 spiro atoms. The molecule has 6 heteroatoms. The Morgan fingerprint density at radius 3 is 2.50 bits per heavy atom. The predicted molar refractivity (Wildman–Crippen MR) is 57.6 cm³/mol. The molecule has 2 aromatic rings. The summed E-state index contributed by atoms with van der Waals surface area (Å²) in [6.07, 6.45) is 8.17. The van der Waals surface area contributed by atoms with Crippen LogP contribution in [0.1, 0.15) is 11.4 Å². The fourth-order valence-corrected chi connectivity index (χ4v) is 1.42. The molecule has 0 amide bonds. The van der Waals surface area contributed by atoms with Crippen molar-refractivity contribution < 1.29 is 4.79 Å². The van der Waals surface area contributed by atoms with Gasteiger partial charge in [0.25, 0.3) is 0 Å². The Balaban J connectivity index is 1.84. The molecule has 2 aromatic heterocycles. The minimum absolute atomic E-state index is 0.219. The zero-order chi connectivity index (χ0) is 11.2. The topological polar surface area (TPSA) is 86.5 Å². The van der Waals surface area contributed by atoms with Gasteiger partial charge in [0, 0.05) is 36.7 Å². The lowest BCUT2D eigenvalue weighted by atomic mass is 10.2. The standard InChI is InChI=1S/C10H13N5O/c16-5-9(1-8-2-11-6-14-8)13-4-10-3-12-7-15-10/h2-3,5-7,9,13H,1,4H2,(H,11,14)(H,12,15)/t9-/m0/s1. The van der Waals surface area contributed by atoms with Crippen molar-refractivity contribution in [3.63, 3.8) is 0 Å². The third-order valence-corrected chi connectivity index (χ3v) is 2.27. The van der Waals surface area contributed by atoms with E-state index in [1.54, 1.807) is 25.0 Å². The summed E-state index contributed by atoms with van der Waals surface area (Å²) in [7, 11) is 0. The van der Waals surface area contributed by atoms with Crippen LogP contribution in [-0.2, 0) is 17.8 Å². The van der Waals surface area contributed by atoms with E-state index in [9.17, 15) is 4.79 Å². The van der Waals surface area contributed by atoms with E-state index in [-0.39, 0.29) is 6.04 Å². The molecule has 0 fully saturated rings. The lowest BCUT2D eigenvalue weighted by Gasteiger charge is -2.10. The first-order valence-corrected chi connectivity index (χ1v) is 5.01. The number of imidazole rings is 2. The highest BCUT2D eigenvalue weighted by molar-refractivity contribution is 5.58. The largest absolute Gasteiger partial charge is 0.348 e. The molecule has 0 aliphatic rings. The van der Waals surface area contributed by atoms with Gasteiger partial charge in [0.2, 0.25) is 0 Å². The zero-order valence-electron chi connectivity index (χ0n) is 8.68. The van der Waals surface area contributed by atoms with Crippen LogP contribution in [0.5, 0.6) is 0 Å². The number of carbonyl (C=O) groups is 1. The Bertz CT molecular complexity index is 408. The highest BCUT2D eigenvalue weighted by atomic mass is 16.1. The molecule has 0 aromatic carbocycles. The molecule has 0 bridgehead atoms. The van der Waals surface area contributed by atoms with Crippen LogP contribution in [0.4, 0.5) is 0 Å². The molecule has 2 rings (SSSR count). The molecule has 6 nitrogen and oxygen atoms in total. The van der Waals surface area contributed by atoms with E-state index in [1.807, 2.05) is 0 Å². The molecule has 1 atom stereocenters. The van der Waals surface area contributed by atoms with Gasteiger partial charge in [0.05, 0.1) is 18.7 Å². The lowest BCUT2D eigenvalue weighted by Crippen LogP contribution is -2.32. The Hall–Kier alpha value is -1.95. The van der Waals surface area contributed by atoms with Gasteiger partial charge in [-0.2, -0.15) is 0 Å². The maximum absolute atomic E-state index is 10.9. The van der Waals surface area contributed by atoms with Crippen LogP contribution in [-0.4, -0.2) is 32.3 Å². The van der Waals surface area contributed by atoms with E-state index >= 15 is 0 Å². The van der Waals surface area contributed by atoms with Crippen LogP contribution in [0.2, 0.25) is 0 Å². The summed E-state index contributed by atoms with van der Waals surface area (Å²) in [5.41, 5.74) is 1.89. The molecule has 16 heavy (non-hydrogen) atoms. The van der Waals surface area contributed by atoms with E-state index in [2.05, 4.69) is 25.3 Å². The first kappa shape index (κ1) is 10.6. The fourth-order valence-electron chi connectivity index (χ4n) is 1.42. The second-order valence-corrected chi connectivity index (χ2v) is 3.48. The van der Waals surface area contributed by atoms with Crippen molar-refractivity contribution in [1.29, 1.82) is 0 Å². The van der Waals surface area contributed by atoms with Gasteiger partial charge in [-0.15, -0.1) is 0 Å². The second kappa shape index (κ2) is 5.22. The second-order valence-electron chi connectivity index (χ2n) is 3.48. The Morgan fingerprint density at radius 1 is 1.25 bits per heavy atom. The Morgan fingerprint density at radius 2 is 1.94 bits per heavy atom. The summed E-state index contributed by atoms with van der Waals surface area (Å²) >= 11 is 0. The van der Waals surface area contributed by atoms with Gasteiger partial charge in [-0.3, -0.25) is 0 Å². The number of hydrogen-bond donors (Lipinski definition) is 3. The highest BCUT2D eigenvalue weighted by Gasteiger charge is 2.08. The number of H-pyrrole nitrogens is 2. The van der Waals surface area contributed by atoms with Crippen molar-refractivity contribution in [2.75, 3.05) is 0 Å². The van der Waals surface area contributed by atoms with E-state index in [4.69, 9.17) is 0 Å². The van der Waals surface area contributed by atoms with Crippen molar-refractivity contribution in [1.82, 2.24) is 25.3 Å². The Kier molecular flexibility index (Phi) is 3.45. The van der Waals surface area contributed by atoms with Gasteiger partial charge >= 0.3 is 0 Å². The van der Waals surface area contributed by atoms with Crippen LogP contribution in [0, 0.1) is 0 Å². The minimum atomic E-state index is -0.219. The summed E-state index contributed by atoms with van der Waals surface area (Å²) < 4.78 is 0. The third kappa shape index (κ3) is 2.77. The molecule has 0 aliphatic heterocycles. The van der Waals surface area contributed by atoms with Gasteiger partial charge in [-0.25, -0.2) is 9.97 Å². The van der Waals surface area contributed by atoms with Crippen LogP contribution >= 0.6 is 0 Å². The van der Waals surface area contributed by atoms with Crippen molar-refractivity contribution >= 4 is 6.29 Å².